The Bertz CT molecular complexity index is 1140. The van der Waals surface area contributed by atoms with E-state index < -0.39 is 0 Å². The van der Waals surface area contributed by atoms with Gasteiger partial charge >= 0.3 is 0 Å². The molecule has 0 saturated carbocycles. The van der Waals surface area contributed by atoms with Crippen molar-refractivity contribution in [1.29, 1.82) is 0 Å². The van der Waals surface area contributed by atoms with Gasteiger partial charge in [0, 0.05) is 18.5 Å². The number of rotatable bonds is 6. The van der Waals surface area contributed by atoms with Crippen molar-refractivity contribution in [2.75, 3.05) is 12.4 Å². The van der Waals surface area contributed by atoms with E-state index >= 15 is 0 Å². The fourth-order valence-electron chi connectivity index (χ4n) is 3.72. The van der Waals surface area contributed by atoms with E-state index in [0.717, 1.165) is 27.6 Å². The highest BCUT2D eigenvalue weighted by Gasteiger charge is 2.28. The predicted molar refractivity (Wildman–Crippen MR) is 119 cm³/mol. The average Bonchev–Trinajstić information content (AvgIpc) is 3.11. The molecule has 3 amide bonds. The number of anilines is 1. The number of amides is 3. The van der Waals surface area contributed by atoms with Crippen molar-refractivity contribution in [1.82, 2.24) is 4.90 Å². The molecule has 158 valence electrons. The van der Waals surface area contributed by atoms with Crippen LogP contribution < -0.4 is 10.1 Å². The normalized spacial score (nSPS) is 14.7. The molecule has 1 aliphatic rings. The number of benzene rings is 3. The molecule has 0 radical (unpaired) electrons. The number of hydrogen-bond donors (Lipinski definition) is 1. The van der Waals surface area contributed by atoms with E-state index in [1.807, 2.05) is 55.5 Å². The Hall–Kier alpha value is -3.67. The molecule has 0 aromatic heterocycles. The van der Waals surface area contributed by atoms with Crippen LogP contribution in [0.2, 0.25) is 0 Å². The first kappa shape index (κ1) is 20.6. The van der Waals surface area contributed by atoms with Crippen LogP contribution in [0.3, 0.4) is 0 Å². The Balaban J connectivity index is 1.42. The van der Waals surface area contributed by atoms with E-state index in [1.54, 1.807) is 19.2 Å². The first-order chi connectivity index (χ1) is 14.9. The summed E-state index contributed by atoms with van der Waals surface area (Å²) in [5.74, 6) is 0.0968. The largest absolute Gasteiger partial charge is 0.497 e. The lowest BCUT2D eigenvalue weighted by atomic mass is 9.97. The maximum Gasteiger partial charge on any atom is 0.231 e. The van der Waals surface area contributed by atoms with E-state index in [0.29, 0.717) is 5.69 Å². The van der Waals surface area contributed by atoms with E-state index in [2.05, 4.69) is 5.32 Å². The molecule has 1 heterocycles. The quantitative estimate of drug-likeness (QED) is 0.610. The lowest BCUT2D eigenvalue weighted by Gasteiger charge is -2.15. The van der Waals surface area contributed by atoms with Crippen molar-refractivity contribution in [3.63, 3.8) is 0 Å². The second-order valence-corrected chi connectivity index (χ2v) is 7.75. The maximum atomic E-state index is 12.8. The Labute approximate surface area is 180 Å². The molecule has 3 aromatic rings. The van der Waals surface area contributed by atoms with Gasteiger partial charge in [-0.15, -0.1) is 0 Å². The third kappa shape index (κ3) is 4.43. The molecule has 31 heavy (non-hydrogen) atoms. The molecule has 1 atom stereocenters. The van der Waals surface area contributed by atoms with E-state index in [9.17, 15) is 14.4 Å². The fourth-order valence-corrected chi connectivity index (χ4v) is 3.72. The van der Waals surface area contributed by atoms with Crippen molar-refractivity contribution < 1.29 is 19.1 Å². The van der Waals surface area contributed by atoms with Crippen LogP contribution in [0.4, 0.5) is 5.69 Å². The van der Waals surface area contributed by atoms with Crippen LogP contribution in [0.25, 0.3) is 10.8 Å². The number of likely N-dealkylation sites (tertiary alicyclic amines) is 1. The summed E-state index contributed by atoms with van der Waals surface area (Å²) in [6.07, 6.45) is 0.570. The summed E-state index contributed by atoms with van der Waals surface area (Å²) in [4.78, 5) is 37.6. The molecule has 1 saturated heterocycles. The molecule has 6 nitrogen and oxygen atoms in total. The van der Waals surface area contributed by atoms with Gasteiger partial charge in [-0.1, -0.05) is 36.4 Å². The van der Waals surface area contributed by atoms with E-state index in [1.165, 1.54) is 4.90 Å². The predicted octanol–water partition coefficient (Wildman–Crippen LogP) is 4.24. The zero-order valence-electron chi connectivity index (χ0n) is 17.6. The van der Waals surface area contributed by atoms with Gasteiger partial charge in [0.1, 0.15) is 5.75 Å². The van der Waals surface area contributed by atoms with Gasteiger partial charge in [0.2, 0.25) is 17.7 Å². The topological polar surface area (TPSA) is 75.7 Å². The molecular formula is C25H24N2O4. The minimum absolute atomic E-state index is 0.106. The monoisotopic (exact) mass is 416 g/mol. The Morgan fingerprint density at radius 2 is 1.61 bits per heavy atom. The molecule has 0 spiro atoms. The first-order valence-electron chi connectivity index (χ1n) is 10.3. The molecule has 0 unspecified atom stereocenters. The number of methoxy groups -OCH3 is 1. The summed E-state index contributed by atoms with van der Waals surface area (Å²) in [6, 6.07) is 19.0. The van der Waals surface area contributed by atoms with Crippen molar-refractivity contribution in [2.45, 2.75) is 32.2 Å². The molecule has 4 rings (SSSR count). The molecule has 1 aliphatic heterocycles. The zero-order valence-corrected chi connectivity index (χ0v) is 17.6. The highest BCUT2D eigenvalue weighted by atomic mass is 16.5. The lowest BCUT2D eigenvalue weighted by molar-refractivity contribution is -0.139. The number of carbonyl (C=O) groups is 3. The Morgan fingerprint density at radius 3 is 2.29 bits per heavy atom. The molecular weight excluding hydrogens is 392 g/mol. The van der Waals surface area contributed by atoms with Gasteiger partial charge in [-0.2, -0.15) is 0 Å². The van der Waals surface area contributed by atoms with Crippen molar-refractivity contribution >= 4 is 34.2 Å². The van der Waals surface area contributed by atoms with Gasteiger partial charge in [-0.05, 0) is 53.1 Å². The summed E-state index contributed by atoms with van der Waals surface area (Å²) in [7, 11) is 1.64. The number of nitrogens with one attached hydrogen (secondary N) is 1. The van der Waals surface area contributed by atoms with Crippen LogP contribution in [-0.4, -0.2) is 29.7 Å². The standard InChI is InChI=1S/C25H24N2O4/c1-16(18-5-6-20-14-22(31-2)10-7-19(20)13-18)25(30)26-21-8-3-17(4-9-21)15-27-23(28)11-12-24(27)29/h3-10,13-14,16H,11-12,15H2,1-2H3,(H,26,30)/t16-/m0/s1. The van der Waals surface area contributed by atoms with Gasteiger partial charge in [-0.25, -0.2) is 0 Å². The fraction of sp³-hybridized carbons (Fsp3) is 0.240. The number of imide groups is 1. The van der Waals surface area contributed by atoms with Crippen LogP contribution in [0.15, 0.2) is 60.7 Å². The lowest BCUT2D eigenvalue weighted by Crippen LogP contribution is -2.28. The number of hydrogen-bond acceptors (Lipinski definition) is 4. The van der Waals surface area contributed by atoms with Gasteiger partial charge in [0.15, 0.2) is 0 Å². The van der Waals surface area contributed by atoms with Gasteiger partial charge in [0.05, 0.1) is 19.6 Å². The van der Waals surface area contributed by atoms with Crippen molar-refractivity contribution in [2.24, 2.45) is 0 Å². The smallest absolute Gasteiger partial charge is 0.231 e. The Kier molecular flexibility index (Phi) is 5.71. The molecule has 3 aromatic carbocycles. The molecule has 0 bridgehead atoms. The van der Waals surface area contributed by atoms with Crippen LogP contribution in [0, 0.1) is 0 Å². The van der Waals surface area contributed by atoms with Crippen LogP contribution in [-0.2, 0) is 20.9 Å². The average molecular weight is 416 g/mol. The highest BCUT2D eigenvalue weighted by Crippen LogP contribution is 2.26. The van der Waals surface area contributed by atoms with Crippen LogP contribution in [0.1, 0.15) is 36.8 Å². The Morgan fingerprint density at radius 1 is 0.968 bits per heavy atom. The zero-order chi connectivity index (χ0) is 22.0. The van der Waals surface area contributed by atoms with E-state index in [4.69, 9.17) is 4.74 Å². The van der Waals surface area contributed by atoms with Crippen molar-refractivity contribution in [3.8, 4) is 5.75 Å². The van der Waals surface area contributed by atoms with Gasteiger partial charge in [0.25, 0.3) is 0 Å². The third-order valence-corrected chi connectivity index (χ3v) is 5.68. The highest BCUT2D eigenvalue weighted by molar-refractivity contribution is 6.02. The summed E-state index contributed by atoms with van der Waals surface area (Å²) in [5, 5.41) is 5.04. The third-order valence-electron chi connectivity index (χ3n) is 5.68. The molecule has 1 fully saturated rings. The summed E-state index contributed by atoms with van der Waals surface area (Å²) >= 11 is 0. The number of nitrogens with zero attached hydrogens (tertiary/aromatic N) is 1. The van der Waals surface area contributed by atoms with Gasteiger partial charge < -0.3 is 10.1 Å². The SMILES string of the molecule is COc1ccc2cc([C@H](C)C(=O)Nc3ccc(CN4C(=O)CCC4=O)cc3)ccc2c1. The summed E-state index contributed by atoms with van der Waals surface area (Å²) in [5.41, 5.74) is 2.45. The van der Waals surface area contributed by atoms with Crippen molar-refractivity contribution in [3.05, 3.63) is 71.8 Å². The first-order valence-corrected chi connectivity index (χ1v) is 10.3. The molecule has 1 N–H and O–H groups in total. The molecule has 6 heteroatoms. The van der Waals surface area contributed by atoms with Gasteiger partial charge in [-0.3, -0.25) is 19.3 Å². The summed E-state index contributed by atoms with van der Waals surface area (Å²) in [6.45, 7) is 2.14. The van der Waals surface area contributed by atoms with E-state index in [-0.39, 0.29) is 43.0 Å². The van der Waals surface area contributed by atoms with Crippen LogP contribution in [0.5, 0.6) is 5.75 Å². The number of ether oxygens (including phenoxy) is 1. The van der Waals surface area contributed by atoms with Crippen LogP contribution >= 0.6 is 0 Å². The minimum Gasteiger partial charge on any atom is -0.497 e. The molecule has 0 aliphatic carbocycles. The summed E-state index contributed by atoms with van der Waals surface area (Å²) < 4.78 is 5.26. The second kappa shape index (κ2) is 8.60. The maximum absolute atomic E-state index is 12.8. The number of carbonyl (C=O) groups excluding carboxylic acids is 3. The second-order valence-electron chi connectivity index (χ2n) is 7.75. The number of fused-ring (bicyclic) bond motifs is 1. The minimum atomic E-state index is -0.328.